The van der Waals surface area contributed by atoms with E-state index < -0.39 is 12.1 Å². The first-order chi connectivity index (χ1) is 15.6. The molecule has 0 saturated heterocycles. The lowest BCUT2D eigenvalue weighted by atomic mass is 9.47. The van der Waals surface area contributed by atoms with Crippen molar-refractivity contribution in [3.8, 4) is 0 Å². The van der Waals surface area contributed by atoms with Crippen LogP contribution in [-0.4, -0.2) is 23.3 Å². The number of carbonyl (C=O) groups is 1. The average Bonchev–Trinajstić information content (AvgIpc) is 3.11. The van der Waals surface area contributed by atoms with Crippen molar-refractivity contribution in [2.75, 3.05) is 0 Å². The molecule has 4 rings (SSSR count). The summed E-state index contributed by atoms with van der Waals surface area (Å²) in [5.41, 5.74) is 2.35. The fraction of sp³-hybridized carbons (Fsp3) is 0.900. The first-order valence-electron chi connectivity index (χ1n) is 14.1. The zero-order valence-electron chi connectivity index (χ0n) is 22.2. The smallest absolute Gasteiger partial charge is 0.334 e. The van der Waals surface area contributed by atoms with Crippen LogP contribution in [-0.2, 0) is 9.53 Å². The number of carbonyl (C=O) groups excluding carboxylic acids is 1. The molecule has 9 atom stereocenters. The number of hydrogen-bond acceptors (Lipinski definition) is 3. The molecule has 0 heterocycles. The van der Waals surface area contributed by atoms with E-state index in [2.05, 4.69) is 40.7 Å². The molecule has 3 saturated carbocycles. The van der Waals surface area contributed by atoms with Crippen LogP contribution in [0.2, 0.25) is 0 Å². The third-order valence-electron chi connectivity index (χ3n) is 10.9. The molecule has 2 unspecified atom stereocenters. The maximum absolute atomic E-state index is 11.9. The van der Waals surface area contributed by atoms with E-state index in [0.717, 1.165) is 54.8 Å². The van der Waals surface area contributed by atoms with E-state index in [1.165, 1.54) is 58.3 Å². The number of ether oxygens (including phenoxy) is 1. The largest absolute Gasteiger partial charge is 0.460 e. The molecule has 0 aromatic rings. The van der Waals surface area contributed by atoms with Gasteiger partial charge in [0, 0.05) is 6.42 Å². The second kappa shape index (κ2) is 9.67. The summed E-state index contributed by atoms with van der Waals surface area (Å²) in [4.78, 5) is 11.9. The zero-order valence-corrected chi connectivity index (χ0v) is 22.2. The molecule has 3 heteroatoms. The molecule has 3 fully saturated rings. The van der Waals surface area contributed by atoms with Gasteiger partial charge in [-0.25, -0.2) is 4.79 Å². The van der Waals surface area contributed by atoms with Gasteiger partial charge in [-0.2, -0.15) is 0 Å². The van der Waals surface area contributed by atoms with Crippen molar-refractivity contribution in [3.63, 3.8) is 0 Å². The maximum Gasteiger partial charge on any atom is 0.334 e. The topological polar surface area (TPSA) is 46.5 Å². The molecule has 1 N–H and O–H groups in total. The number of esters is 1. The molecule has 0 spiro atoms. The third kappa shape index (κ3) is 4.69. The van der Waals surface area contributed by atoms with Crippen LogP contribution < -0.4 is 0 Å². The van der Waals surface area contributed by atoms with Gasteiger partial charge in [-0.15, -0.1) is 0 Å². The SMILES string of the molecule is CC(C)CCCC(C)[C@H]1CC[C@H]2[C@@H]3CC=C4C[C@@H](OC(=O)C(C)O)CC[C@]4(C)[C@H]3CC[C@]12C. The van der Waals surface area contributed by atoms with Crippen LogP contribution in [0.3, 0.4) is 0 Å². The van der Waals surface area contributed by atoms with Crippen LogP contribution in [0.25, 0.3) is 0 Å². The molecule has 0 aliphatic heterocycles. The minimum atomic E-state index is -1.03. The van der Waals surface area contributed by atoms with Gasteiger partial charge < -0.3 is 9.84 Å². The Balaban J connectivity index is 1.45. The molecule has 0 radical (unpaired) electrons. The summed E-state index contributed by atoms with van der Waals surface area (Å²) in [7, 11) is 0. The highest BCUT2D eigenvalue weighted by atomic mass is 16.6. The van der Waals surface area contributed by atoms with Gasteiger partial charge in [0.2, 0.25) is 0 Å². The Morgan fingerprint density at radius 3 is 2.52 bits per heavy atom. The zero-order chi connectivity index (χ0) is 24.0. The molecule has 3 nitrogen and oxygen atoms in total. The van der Waals surface area contributed by atoms with Gasteiger partial charge in [-0.3, -0.25) is 0 Å². The lowest BCUT2D eigenvalue weighted by molar-refractivity contribution is -0.160. The summed E-state index contributed by atoms with van der Waals surface area (Å²) in [5.74, 6) is 4.64. The molecule has 0 amide bonds. The number of aliphatic hydroxyl groups excluding tert-OH is 1. The Bertz CT molecular complexity index is 739. The maximum atomic E-state index is 11.9. The molecule has 188 valence electrons. The van der Waals surface area contributed by atoms with Gasteiger partial charge in [-0.05, 0) is 98.2 Å². The summed E-state index contributed by atoms with van der Waals surface area (Å²) in [6.45, 7) is 14.0. The highest BCUT2D eigenvalue weighted by Crippen LogP contribution is 2.67. The lowest BCUT2D eigenvalue weighted by Gasteiger charge is -2.58. The van der Waals surface area contributed by atoms with E-state index in [-0.39, 0.29) is 11.5 Å². The van der Waals surface area contributed by atoms with Crippen molar-refractivity contribution >= 4 is 5.97 Å². The van der Waals surface area contributed by atoms with Crippen LogP contribution in [0.1, 0.15) is 112 Å². The van der Waals surface area contributed by atoms with Crippen molar-refractivity contribution in [1.82, 2.24) is 0 Å². The monoisotopic (exact) mass is 458 g/mol. The minimum Gasteiger partial charge on any atom is -0.460 e. The molecule has 4 aliphatic carbocycles. The van der Waals surface area contributed by atoms with Gasteiger partial charge in [0.25, 0.3) is 0 Å². The molecular formula is C30H50O3. The van der Waals surface area contributed by atoms with Gasteiger partial charge >= 0.3 is 5.97 Å². The summed E-state index contributed by atoms with van der Waals surface area (Å²) < 4.78 is 5.63. The van der Waals surface area contributed by atoms with Crippen LogP contribution in [0.5, 0.6) is 0 Å². The second-order valence-corrected chi connectivity index (χ2v) is 13.3. The Hall–Kier alpha value is -0.830. The summed E-state index contributed by atoms with van der Waals surface area (Å²) >= 11 is 0. The highest BCUT2D eigenvalue weighted by Gasteiger charge is 2.59. The lowest BCUT2D eigenvalue weighted by Crippen LogP contribution is -2.51. The molecule has 4 aliphatic rings. The van der Waals surface area contributed by atoms with Crippen molar-refractivity contribution in [3.05, 3.63) is 11.6 Å². The summed E-state index contributed by atoms with van der Waals surface area (Å²) in [6.07, 6.45) is 15.5. The summed E-state index contributed by atoms with van der Waals surface area (Å²) in [5, 5.41) is 9.54. The Kier molecular flexibility index (Phi) is 7.40. The van der Waals surface area contributed by atoms with Crippen LogP contribution in [0.4, 0.5) is 0 Å². The standard InChI is InChI=1S/C30H50O3/c1-19(2)8-7-9-20(3)25-12-13-26-24-11-10-22-18-23(33-28(32)21(4)31)14-16-29(22,5)27(24)15-17-30(25,26)6/h10,19-21,23-27,31H,7-9,11-18H2,1-6H3/t20?,21?,23-,24-,25+,26-,27-,29-,30+/m0/s1. The van der Waals surface area contributed by atoms with E-state index in [1.54, 1.807) is 5.57 Å². The predicted octanol–water partition coefficient (Wildman–Crippen LogP) is 7.32. The Morgan fingerprint density at radius 2 is 1.82 bits per heavy atom. The first-order valence-corrected chi connectivity index (χ1v) is 14.1. The molecule has 0 aromatic heterocycles. The fourth-order valence-corrected chi connectivity index (χ4v) is 9.02. The van der Waals surface area contributed by atoms with Crippen molar-refractivity contribution < 1.29 is 14.6 Å². The summed E-state index contributed by atoms with van der Waals surface area (Å²) in [6, 6.07) is 0. The van der Waals surface area contributed by atoms with Crippen molar-refractivity contribution in [2.45, 2.75) is 124 Å². The molecule has 0 aromatic carbocycles. The van der Waals surface area contributed by atoms with Crippen LogP contribution >= 0.6 is 0 Å². The van der Waals surface area contributed by atoms with Crippen LogP contribution in [0, 0.1) is 46.3 Å². The minimum absolute atomic E-state index is 0.0561. The van der Waals surface area contributed by atoms with Crippen molar-refractivity contribution in [1.29, 1.82) is 0 Å². The van der Waals surface area contributed by atoms with Gasteiger partial charge in [0.15, 0.2) is 0 Å². The number of hydrogen-bond donors (Lipinski definition) is 1. The Labute approximate surface area is 203 Å². The van der Waals surface area contributed by atoms with E-state index in [1.807, 2.05) is 0 Å². The number of aliphatic hydroxyl groups is 1. The average molecular weight is 459 g/mol. The number of rotatable bonds is 7. The van der Waals surface area contributed by atoms with E-state index in [0.29, 0.717) is 5.41 Å². The predicted molar refractivity (Wildman–Crippen MR) is 135 cm³/mol. The normalized spacial score (nSPS) is 42.1. The molecule has 0 bridgehead atoms. The number of fused-ring (bicyclic) bond motifs is 5. The van der Waals surface area contributed by atoms with Crippen molar-refractivity contribution in [2.24, 2.45) is 46.3 Å². The van der Waals surface area contributed by atoms with Gasteiger partial charge in [-0.1, -0.05) is 65.5 Å². The third-order valence-corrected chi connectivity index (χ3v) is 10.9. The van der Waals surface area contributed by atoms with E-state index in [4.69, 9.17) is 4.74 Å². The van der Waals surface area contributed by atoms with Crippen LogP contribution in [0.15, 0.2) is 11.6 Å². The second-order valence-electron chi connectivity index (χ2n) is 13.3. The van der Waals surface area contributed by atoms with E-state index in [9.17, 15) is 9.90 Å². The first kappa shape index (κ1) is 25.3. The molecule has 33 heavy (non-hydrogen) atoms. The Morgan fingerprint density at radius 1 is 1.06 bits per heavy atom. The fourth-order valence-electron chi connectivity index (χ4n) is 9.02. The van der Waals surface area contributed by atoms with E-state index >= 15 is 0 Å². The highest BCUT2D eigenvalue weighted by molar-refractivity contribution is 5.74. The quantitative estimate of drug-likeness (QED) is 0.321. The number of allylic oxidation sites excluding steroid dienone is 1. The van der Waals surface area contributed by atoms with Gasteiger partial charge in [0.05, 0.1) is 0 Å². The van der Waals surface area contributed by atoms with Gasteiger partial charge in [0.1, 0.15) is 12.2 Å². The molecular weight excluding hydrogens is 408 g/mol.